The normalized spacial score (nSPS) is 17.3. The number of aliphatic hydroxyl groups is 1. The molecule has 3 aromatic rings. The highest BCUT2D eigenvalue weighted by Gasteiger charge is 2.45. The molecular formula is C26H20BrClFNO4. The molecule has 4 rings (SSSR count). The fraction of sp³-hybridized carbons (Fsp3) is 0.154. The predicted octanol–water partition coefficient (Wildman–Crippen LogP) is 5.91. The van der Waals surface area contributed by atoms with E-state index in [9.17, 15) is 19.1 Å². The van der Waals surface area contributed by atoms with Gasteiger partial charge < -0.3 is 14.7 Å². The van der Waals surface area contributed by atoms with Gasteiger partial charge in [-0.15, -0.1) is 0 Å². The van der Waals surface area contributed by atoms with Gasteiger partial charge >= 0.3 is 0 Å². The maximum absolute atomic E-state index is 13.3. The van der Waals surface area contributed by atoms with E-state index >= 15 is 0 Å². The van der Waals surface area contributed by atoms with Gasteiger partial charge in [0, 0.05) is 17.1 Å². The number of ether oxygens (including phenoxy) is 1. The number of carbonyl (C=O) groups is 2. The molecule has 0 aromatic heterocycles. The first-order valence-corrected chi connectivity index (χ1v) is 11.6. The van der Waals surface area contributed by atoms with E-state index in [4.69, 9.17) is 16.3 Å². The van der Waals surface area contributed by atoms with Crippen molar-refractivity contribution in [2.45, 2.75) is 12.5 Å². The van der Waals surface area contributed by atoms with Crippen LogP contribution in [0.1, 0.15) is 22.7 Å². The lowest BCUT2D eigenvalue weighted by atomic mass is 9.95. The van der Waals surface area contributed by atoms with Crippen molar-refractivity contribution < 1.29 is 23.8 Å². The van der Waals surface area contributed by atoms with E-state index in [1.807, 2.05) is 0 Å². The van der Waals surface area contributed by atoms with Crippen LogP contribution < -0.4 is 4.74 Å². The van der Waals surface area contributed by atoms with Crippen LogP contribution >= 0.6 is 27.5 Å². The second-order valence-electron chi connectivity index (χ2n) is 7.77. The lowest BCUT2D eigenvalue weighted by Gasteiger charge is -2.25. The zero-order valence-corrected chi connectivity index (χ0v) is 20.4. The Morgan fingerprint density at radius 1 is 1.09 bits per heavy atom. The predicted molar refractivity (Wildman–Crippen MR) is 131 cm³/mol. The Hall–Kier alpha value is -3.16. The van der Waals surface area contributed by atoms with Crippen LogP contribution in [-0.4, -0.2) is 35.4 Å². The van der Waals surface area contributed by atoms with Gasteiger partial charge in [-0.05, 0) is 75.9 Å². The number of benzene rings is 3. The van der Waals surface area contributed by atoms with Crippen LogP contribution in [0.2, 0.25) is 5.02 Å². The second-order valence-corrected chi connectivity index (χ2v) is 9.06. The van der Waals surface area contributed by atoms with Crippen LogP contribution in [0.5, 0.6) is 5.75 Å². The molecule has 8 heteroatoms. The highest BCUT2D eigenvalue weighted by atomic mass is 79.9. The average molecular weight is 545 g/mol. The second kappa shape index (κ2) is 9.99. The minimum absolute atomic E-state index is 0.0107. The molecular weight excluding hydrogens is 525 g/mol. The van der Waals surface area contributed by atoms with Gasteiger partial charge in [0.2, 0.25) is 0 Å². The fourth-order valence-corrected chi connectivity index (χ4v) is 4.64. The zero-order chi connectivity index (χ0) is 24.4. The monoisotopic (exact) mass is 543 g/mol. The van der Waals surface area contributed by atoms with Gasteiger partial charge in [-0.1, -0.05) is 35.9 Å². The topological polar surface area (TPSA) is 66.8 Å². The van der Waals surface area contributed by atoms with E-state index in [2.05, 4.69) is 15.9 Å². The summed E-state index contributed by atoms with van der Waals surface area (Å²) in [6.07, 6.45) is 0.408. The third kappa shape index (κ3) is 4.72. The number of likely N-dealkylation sites (tertiary alicyclic amines) is 1. The summed E-state index contributed by atoms with van der Waals surface area (Å²) in [5.74, 6) is -1.56. The number of methoxy groups -OCH3 is 1. The summed E-state index contributed by atoms with van der Waals surface area (Å²) in [4.78, 5) is 27.6. The molecule has 1 fully saturated rings. The number of halogens is 3. The quantitative estimate of drug-likeness (QED) is 0.238. The van der Waals surface area contributed by atoms with Crippen LogP contribution in [0, 0.1) is 5.82 Å². The molecule has 1 aliphatic rings. The molecule has 1 N–H and O–H groups in total. The molecule has 1 amide bonds. The summed E-state index contributed by atoms with van der Waals surface area (Å²) in [6.45, 7) is 0.201. The van der Waals surface area contributed by atoms with Crippen LogP contribution in [0.3, 0.4) is 0 Å². The van der Waals surface area contributed by atoms with Crippen molar-refractivity contribution in [1.82, 2.24) is 4.90 Å². The van der Waals surface area contributed by atoms with Crippen molar-refractivity contribution in [3.05, 3.63) is 104 Å². The Labute approximate surface area is 209 Å². The largest absolute Gasteiger partial charge is 0.507 e. The summed E-state index contributed by atoms with van der Waals surface area (Å²) in [5, 5.41) is 11.7. The van der Waals surface area contributed by atoms with Crippen molar-refractivity contribution in [1.29, 1.82) is 0 Å². The first kappa shape index (κ1) is 24.0. The lowest BCUT2D eigenvalue weighted by Crippen LogP contribution is -2.31. The maximum Gasteiger partial charge on any atom is 0.295 e. The Kier molecular flexibility index (Phi) is 7.05. The molecule has 1 atom stereocenters. The minimum Gasteiger partial charge on any atom is -0.507 e. The van der Waals surface area contributed by atoms with Crippen LogP contribution in [-0.2, 0) is 16.0 Å². The Morgan fingerprint density at radius 2 is 1.76 bits per heavy atom. The molecule has 3 aromatic carbocycles. The maximum atomic E-state index is 13.3. The molecule has 1 saturated heterocycles. The van der Waals surface area contributed by atoms with Crippen LogP contribution in [0.25, 0.3) is 5.76 Å². The van der Waals surface area contributed by atoms with E-state index < -0.39 is 17.7 Å². The number of rotatable bonds is 6. The molecule has 0 radical (unpaired) electrons. The summed E-state index contributed by atoms with van der Waals surface area (Å²) in [5.41, 5.74) is 1.81. The molecule has 0 spiro atoms. The molecule has 1 heterocycles. The first-order chi connectivity index (χ1) is 16.3. The third-order valence-electron chi connectivity index (χ3n) is 5.71. The molecule has 0 bridgehead atoms. The number of carbonyl (C=O) groups excluding carboxylic acids is 2. The number of aliphatic hydroxyl groups excluding tert-OH is 1. The lowest BCUT2D eigenvalue weighted by molar-refractivity contribution is -0.139. The summed E-state index contributed by atoms with van der Waals surface area (Å²) < 4.78 is 19.1. The zero-order valence-electron chi connectivity index (χ0n) is 18.1. The number of nitrogens with zero attached hydrogens (tertiary/aromatic N) is 1. The van der Waals surface area contributed by atoms with E-state index in [0.29, 0.717) is 32.8 Å². The van der Waals surface area contributed by atoms with Crippen molar-refractivity contribution in [3.8, 4) is 5.75 Å². The van der Waals surface area contributed by atoms with Crippen molar-refractivity contribution in [2.24, 2.45) is 0 Å². The van der Waals surface area contributed by atoms with Gasteiger partial charge in [0.1, 0.15) is 17.3 Å². The first-order valence-electron chi connectivity index (χ1n) is 10.4. The van der Waals surface area contributed by atoms with E-state index in [1.54, 1.807) is 54.6 Å². The molecule has 0 saturated carbocycles. The average Bonchev–Trinajstić information content (AvgIpc) is 3.08. The highest BCUT2D eigenvalue weighted by Crippen LogP contribution is 2.40. The van der Waals surface area contributed by atoms with Crippen molar-refractivity contribution in [3.63, 3.8) is 0 Å². The third-order valence-corrected chi connectivity index (χ3v) is 6.58. The molecule has 34 heavy (non-hydrogen) atoms. The SMILES string of the molecule is COc1ccc(/C(O)=C2/C(=O)C(=O)N(CCc3ccc(F)cc3)C2c2ccc(Cl)cc2)cc1Br. The number of hydrogen-bond donors (Lipinski definition) is 1. The Bertz CT molecular complexity index is 1270. The molecule has 1 aliphatic heterocycles. The number of hydrogen-bond acceptors (Lipinski definition) is 4. The highest BCUT2D eigenvalue weighted by molar-refractivity contribution is 9.10. The summed E-state index contributed by atoms with van der Waals surface area (Å²) in [6, 6.07) is 16.8. The van der Waals surface area contributed by atoms with Gasteiger partial charge in [0.15, 0.2) is 0 Å². The van der Waals surface area contributed by atoms with E-state index in [0.717, 1.165) is 5.56 Å². The van der Waals surface area contributed by atoms with E-state index in [-0.39, 0.29) is 23.7 Å². The van der Waals surface area contributed by atoms with Gasteiger partial charge in [-0.25, -0.2) is 4.39 Å². The number of amides is 1. The fourth-order valence-electron chi connectivity index (χ4n) is 3.97. The van der Waals surface area contributed by atoms with Gasteiger partial charge in [-0.2, -0.15) is 0 Å². The minimum atomic E-state index is -0.807. The van der Waals surface area contributed by atoms with Gasteiger partial charge in [-0.3, -0.25) is 9.59 Å². The summed E-state index contributed by atoms with van der Waals surface area (Å²) in [7, 11) is 1.52. The molecule has 0 aliphatic carbocycles. The molecule has 174 valence electrons. The smallest absolute Gasteiger partial charge is 0.295 e. The van der Waals surface area contributed by atoms with Crippen molar-refractivity contribution >= 4 is 45.0 Å². The van der Waals surface area contributed by atoms with Crippen molar-refractivity contribution in [2.75, 3.05) is 13.7 Å². The number of ketones is 1. The van der Waals surface area contributed by atoms with Gasteiger partial charge in [0.25, 0.3) is 11.7 Å². The number of Topliss-reactive ketones (excluding diaryl/α,β-unsaturated/α-hetero) is 1. The van der Waals surface area contributed by atoms with Crippen LogP contribution in [0.15, 0.2) is 76.8 Å². The van der Waals surface area contributed by atoms with E-state index in [1.165, 1.54) is 24.1 Å². The standard InChI is InChI=1S/C26H20BrClFNO4/c1-34-21-11-6-17(14-20(21)27)24(31)22-23(16-4-7-18(28)8-5-16)30(26(33)25(22)32)13-12-15-2-9-19(29)10-3-15/h2-11,14,23,31H,12-13H2,1H3/b24-22-. The molecule has 5 nitrogen and oxygen atoms in total. The summed E-state index contributed by atoms with van der Waals surface area (Å²) >= 11 is 9.43. The molecule has 1 unspecified atom stereocenters. The van der Waals surface area contributed by atoms with Crippen LogP contribution in [0.4, 0.5) is 4.39 Å². The van der Waals surface area contributed by atoms with Gasteiger partial charge in [0.05, 0.1) is 23.2 Å². The Morgan fingerprint density at radius 3 is 2.38 bits per heavy atom. The Balaban J connectivity index is 1.77.